The number of hydrogen-bond donors (Lipinski definition) is 0. The first-order valence-electron chi connectivity index (χ1n) is 16.6. The van der Waals surface area contributed by atoms with Crippen LogP contribution in [0.3, 0.4) is 0 Å². The molecule has 0 aliphatic carbocycles. The van der Waals surface area contributed by atoms with Crippen LogP contribution in [0, 0.1) is 12.8 Å². The molecule has 0 aromatic heterocycles. The summed E-state index contributed by atoms with van der Waals surface area (Å²) in [5.74, 6) is 0.719. The lowest BCUT2D eigenvalue weighted by Crippen LogP contribution is -1.95. The minimum atomic E-state index is 0.719. The van der Waals surface area contributed by atoms with Crippen LogP contribution in [-0.2, 0) is 0 Å². The van der Waals surface area contributed by atoms with Gasteiger partial charge in [-0.05, 0) is 5.92 Å². The van der Waals surface area contributed by atoms with Crippen molar-refractivity contribution < 1.29 is 0 Å². The summed E-state index contributed by atoms with van der Waals surface area (Å²) < 4.78 is 0. The summed E-state index contributed by atoms with van der Waals surface area (Å²) in [7, 11) is 0. The second-order valence-corrected chi connectivity index (χ2v) is 11.6. The molecule has 0 N–H and O–H groups in total. The molecule has 0 aromatic rings. The lowest BCUT2D eigenvalue weighted by molar-refractivity contribution is 0.464. The van der Waals surface area contributed by atoms with Crippen molar-refractivity contribution in [2.45, 2.75) is 206 Å². The lowest BCUT2D eigenvalue weighted by Gasteiger charge is -2.10. The van der Waals surface area contributed by atoms with E-state index in [0.29, 0.717) is 0 Å². The van der Waals surface area contributed by atoms with Gasteiger partial charge in [-0.2, -0.15) is 0 Å². The van der Waals surface area contributed by atoms with Crippen LogP contribution in [0.15, 0.2) is 0 Å². The number of unbranched alkanes of at least 4 members (excludes halogenated alkanes) is 26. The van der Waals surface area contributed by atoms with E-state index in [1.807, 2.05) is 0 Å². The quantitative estimate of drug-likeness (QED) is 0.0902. The van der Waals surface area contributed by atoms with E-state index < -0.39 is 0 Å². The summed E-state index contributed by atoms with van der Waals surface area (Å²) in [5.41, 5.74) is 0. The molecule has 0 saturated heterocycles. The molecule has 34 heavy (non-hydrogen) atoms. The van der Waals surface area contributed by atoms with Crippen LogP contribution >= 0.6 is 0 Å². The van der Waals surface area contributed by atoms with Crippen molar-refractivity contribution in [3.63, 3.8) is 0 Å². The normalized spacial score (nSPS) is 12.4. The van der Waals surface area contributed by atoms with Crippen LogP contribution in [0.4, 0.5) is 0 Å². The van der Waals surface area contributed by atoms with Crippen molar-refractivity contribution in [2.75, 3.05) is 0 Å². The largest absolute Gasteiger partial charge is 0.0654 e. The highest BCUT2D eigenvalue weighted by molar-refractivity contribution is 4.62. The van der Waals surface area contributed by atoms with E-state index >= 15 is 0 Å². The fourth-order valence-corrected chi connectivity index (χ4v) is 5.40. The molecule has 1 atom stereocenters. The molecule has 0 rings (SSSR count). The van der Waals surface area contributed by atoms with Crippen LogP contribution < -0.4 is 0 Å². The van der Waals surface area contributed by atoms with Gasteiger partial charge in [-0.25, -0.2) is 0 Å². The van der Waals surface area contributed by atoms with Crippen LogP contribution in [0.1, 0.15) is 206 Å². The highest BCUT2D eigenvalue weighted by atomic mass is 14.1. The fourth-order valence-electron chi connectivity index (χ4n) is 5.40. The zero-order valence-corrected chi connectivity index (χ0v) is 24.5. The average Bonchev–Trinajstić information content (AvgIpc) is 2.84. The van der Waals surface area contributed by atoms with Crippen LogP contribution in [0.25, 0.3) is 0 Å². The van der Waals surface area contributed by atoms with Gasteiger partial charge in [0.25, 0.3) is 0 Å². The maximum absolute atomic E-state index is 4.36. The lowest BCUT2D eigenvalue weighted by atomic mass is 9.96. The summed E-state index contributed by atoms with van der Waals surface area (Å²) in [5, 5.41) is 0. The molecule has 205 valence electrons. The Morgan fingerprint density at radius 3 is 0.706 bits per heavy atom. The fraction of sp³-hybridized carbons (Fsp3) is 0.971. The predicted molar refractivity (Wildman–Crippen MR) is 159 cm³/mol. The molecule has 0 nitrogen and oxygen atoms in total. The van der Waals surface area contributed by atoms with E-state index in [1.165, 1.54) is 193 Å². The Bertz CT molecular complexity index is 333. The van der Waals surface area contributed by atoms with Crippen molar-refractivity contribution >= 4 is 0 Å². The van der Waals surface area contributed by atoms with Crippen molar-refractivity contribution in [2.24, 2.45) is 5.92 Å². The van der Waals surface area contributed by atoms with Crippen molar-refractivity contribution in [3.05, 3.63) is 6.92 Å². The standard InChI is InChI=1S/C34H69/c1-4-6-8-10-11-12-13-14-15-16-17-18-19-20-21-22-23-24-25-26-27-28-29-31-33-34(3)32-30-9-7-5-2/h34H,3-33H2,1-2H3. The molecule has 0 heteroatoms. The van der Waals surface area contributed by atoms with Gasteiger partial charge >= 0.3 is 0 Å². The Morgan fingerprint density at radius 2 is 0.471 bits per heavy atom. The van der Waals surface area contributed by atoms with Gasteiger partial charge in [0.1, 0.15) is 0 Å². The maximum atomic E-state index is 4.36. The number of hydrogen-bond acceptors (Lipinski definition) is 0. The van der Waals surface area contributed by atoms with E-state index in [-0.39, 0.29) is 0 Å². The molecule has 0 bridgehead atoms. The van der Waals surface area contributed by atoms with Crippen LogP contribution in [0.5, 0.6) is 0 Å². The third kappa shape index (κ3) is 30.0. The smallest absolute Gasteiger partial charge is 0.0414 e. The second kappa shape index (κ2) is 31.0. The van der Waals surface area contributed by atoms with Crippen LogP contribution in [-0.4, -0.2) is 0 Å². The van der Waals surface area contributed by atoms with Gasteiger partial charge in [0.15, 0.2) is 0 Å². The Balaban J connectivity index is 3.06. The van der Waals surface area contributed by atoms with Gasteiger partial charge in [0.05, 0.1) is 0 Å². The molecule has 1 unspecified atom stereocenters. The Hall–Kier alpha value is 0. The third-order valence-electron chi connectivity index (χ3n) is 7.93. The predicted octanol–water partition coefficient (Wildman–Crippen LogP) is 13.2. The SMILES string of the molecule is [CH2]C(CCCCCC)CCCCCCCCCCCCCCCCCCCCCCCCCC. The van der Waals surface area contributed by atoms with Gasteiger partial charge in [-0.15, -0.1) is 0 Å². The summed E-state index contributed by atoms with van der Waals surface area (Å²) in [6.45, 7) is 8.97. The minimum absolute atomic E-state index is 0.719. The van der Waals surface area contributed by atoms with Gasteiger partial charge in [-0.1, -0.05) is 213 Å². The highest BCUT2D eigenvalue weighted by Gasteiger charge is 2.02. The van der Waals surface area contributed by atoms with E-state index in [9.17, 15) is 0 Å². The van der Waals surface area contributed by atoms with Crippen molar-refractivity contribution in [1.82, 2.24) is 0 Å². The molecular weight excluding hydrogens is 408 g/mol. The first kappa shape index (κ1) is 34.0. The monoisotopic (exact) mass is 478 g/mol. The zero-order chi connectivity index (χ0) is 24.8. The topological polar surface area (TPSA) is 0 Å². The summed E-state index contributed by atoms with van der Waals surface area (Å²) in [6.07, 6.45) is 43.6. The maximum Gasteiger partial charge on any atom is -0.0414 e. The molecule has 0 fully saturated rings. The van der Waals surface area contributed by atoms with Gasteiger partial charge in [0.2, 0.25) is 0 Å². The molecule has 0 aromatic carbocycles. The van der Waals surface area contributed by atoms with E-state index in [2.05, 4.69) is 20.8 Å². The zero-order valence-electron chi connectivity index (χ0n) is 24.5. The van der Waals surface area contributed by atoms with Gasteiger partial charge in [-0.3, -0.25) is 0 Å². The highest BCUT2D eigenvalue weighted by Crippen LogP contribution is 2.19. The third-order valence-corrected chi connectivity index (χ3v) is 7.93. The molecule has 1 radical (unpaired) electrons. The van der Waals surface area contributed by atoms with Crippen molar-refractivity contribution in [3.8, 4) is 0 Å². The first-order valence-corrected chi connectivity index (χ1v) is 16.6. The molecular formula is C34H69. The molecule has 0 saturated carbocycles. The summed E-state index contributed by atoms with van der Waals surface area (Å²) in [6, 6.07) is 0. The Morgan fingerprint density at radius 1 is 0.294 bits per heavy atom. The van der Waals surface area contributed by atoms with Gasteiger partial charge < -0.3 is 0 Å². The molecule has 0 spiro atoms. The molecule has 0 aliphatic rings. The summed E-state index contributed by atoms with van der Waals surface area (Å²) >= 11 is 0. The Labute approximate surface area is 219 Å². The molecule has 0 heterocycles. The number of rotatable bonds is 30. The van der Waals surface area contributed by atoms with Crippen LogP contribution in [0.2, 0.25) is 0 Å². The summed E-state index contributed by atoms with van der Waals surface area (Å²) in [4.78, 5) is 0. The van der Waals surface area contributed by atoms with E-state index in [0.717, 1.165) is 5.92 Å². The average molecular weight is 478 g/mol. The second-order valence-electron chi connectivity index (χ2n) is 11.6. The first-order chi connectivity index (χ1) is 16.8. The molecule has 0 aliphatic heterocycles. The van der Waals surface area contributed by atoms with Gasteiger partial charge in [0, 0.05) is 0 Å². The van der Waals surface area contributed by atoms with E-state index in [4.69, 9.17) is 0 Å². The molecule has 0 amide bonds. The Kier molecular flexibility index (Phi) is 31.0. The minimum Gasteiger partial charge on any atom is -0.0654 e. The van der Waals surface area contributed by atoms with E-state index in [1.54, 1.807) is 0 Å². The van der Waals surface area contributed by atoms with Crippen molar-refractivity contribution in [1.29, 1.82) is 0 Å².